The molecule has 1 fully saturated rings. The van der Waals surface area contributed by atoms with Crippen molar-refractivity contribution in [3.63, 3.8) is 0 Å². The second-order valence-electron chi connectivity index (χ2n) is 4.48. The SMILES string of the molecule is Cc1ccc2c(c1)C1(CCNC1)OC(=O)N2. The van der Waals surface area contributed by atoms with Crippen LogP contribution in [0.3, 0.4) is 0 Å². The molecule has 4 heteroatoms. The Bertz CT molecular complexity index is 450. The van der Waals surface area contributed by atoms with Crippen molar-refractivity contribution in [1.82, 2.24) is 5.32 Å². The van der Waals surface area contributed by atoms with Gasteiger partial charge in [0.1, 0.15) is 0 Å². The summed E-state index contributed by atoms with van der Waals surface area (Å²) in [7, 11) is 0. The first-order valence-electron chi connectivity index (χ1n) is 5.51. The number of hydrogen-bond acceptors (Lipinski definition) is 3. The van der Waals surface area contributed by atoms with Crippen molar-refractivity contribution in [3.8, 4) is 0 Å². The number of amides is 1. The summed E-state index contributed by atoms with van der Waals surface area (Å²) in [4.78, 5) is 11.5. The van der Waals surface area contributed by atoms with E-state index in [0.29, 0.717) is 6.54 Å². The number of rotatable bonds is 0. The number of benzene rings is 1. The number of anilines is 1. The first-order chi connectivity index (χ1) is 7.70. The summed E-state index contributed by atoms with van der Waals surface area (Å²) in [6.07, 6.45) is 0.497. The Balaban J connectivity index is 2.16. The monoisotopic (exact) mass is 218 g/mol. The molecule has 16 heavy (non-hydrogen) atoms. The van der Waals surface area contributed by atoms with E-state index in [4.69, 9.17) is 4.74 Å². The minimum Gasteiger partial charge on any atom is -0.436 e. The lowest BCUT2D eigenvalue weighted by Gasteiger charge is -2.35. The fraction of sp³-hybridized carbons (Fsp3) is 0.417. The van der Waals surface area contributed by atoms with E-state index in [1.165, 1.54) is 5.56 Å². The molecule has 0 aliphatic carbocycles. The van der Waals surface area contributed by atoms with E-state index in [1.54, 1.807) is 0 Å². The Morgan fingerprint density at radius 1 is 1.44 bits per heavy atom. The predicted molar refractivity (Wildman–Crippen MR) is 60.4 cm³/mol. The Morgan fingerprint density at radius 2 is 2.31 bits per heavy atom. The van der Waals surface area contributed by atoms with E-state index in [2.05, 4.69) is 16.7 Å². The maximum absolute atomic E-state index is 11.5. The summed E-state index contributed by atoms with van der Waals surface area (Å²) in [6, 6.07) is 6.05. The van der Waals surface area contributed by atoms with Gasteiger partial charge in [0.2, 0.25) is 0 Å². The van der Waals surface area contributed by atoms with E-state index in [-0.39, 0.29) is 6.09 Å². The van der Waals surface area contributed by atoms with Crippen LogP contribution in [0.2, 0.25) is 0 Å². The second kappa shape index (κ2) is 3.22. The zero-order valence-corrected chi connectivity index (χ0v) is 9.17. The summed E-state index contributed by atoms with van der Waals surface area (Å²) in [6.45, 7) is 3.64. The normalized spacial score (nSPS) is 27.4. The first kappa shape index (κ1) is 9.66. The van der Waals surface area contributed by atoms with Gasteiger partial charge < -0.3 is 10.1 Å². The van der Waals surface area contributed by atoms with Crippen molar-refractivity contribution >= 4 is 11.8 Å². The molecular formula is C12H14N2O2. The molecule has 2 heterocycles. The van der Waals surface area contributed by atoms with Crippen LogP contribution in [0, 0.1) is 6.92 Å². The van der Waals surface area contributed by atoms with Gasteiger partial charge in [-0.15, -0.1) is 0 Å². The molecule has 2 N–H and O–H groups in total. The molecule has 2 aliphatic rings. The van der Waals surface area contributed by atoms with Crippen LogP contribution in [-0.4, -0.2) is 19.2 Å². The van der Waals surface area contributed by atoms with Gasteiger partial charge in [0, 0.05) is 18.5 Å². The maximum atomic E-state index is 11.5. The molecule has 1 amide bonds. The van der Waals surface area contributed by atoms with Gasteiger partial charge in [0.15, 0.2) is 5.60 Å². The Labute approximate surface area is 94.0 Å². The van der Waals surface area contributed by atoms with Gasteiger partial charge in [-0.2, -0.15) is 0 Å². The molecule has 0 bridgehead atoms. The highest BCUT2D eigenvalue weighted by Crippen LogP contribution is 2.40. The zero-order valence-electron chi connectivity index (χ0n) is 9.17. The Kier molecular flexibility index (Phi) is 1.94. The fourth-order valence-corrected chi connectivity index (χ4v) is 2.50. The molecule has 1 spiro atoms. The number of carbonyl (C=O) groups is 1. The number of nitrogens with one attached hydrogen (secondary N) is 2. The molecule has 3 rings (SSSR count). The first-order valence-corrected chi connectivity index (χ1v) is 5.51. The van der Waals surface area contributed by atoms with Crippen LogP contribution in [0.5, 0.6) is 0 Å². The van der Waals surface area contributed by atoms with Gasteiger partial charge in [-0.25, -0.2) is 4.79 Å². The van der Waals surface area contributed by atoms with Crippen molar-refractivity contribution < 1.29 is 9.53 Å². The van der Waals surface area contributed by atoms with E-state index >= 15 is 0 Å². The summed E-state index contributed by atoms with van der Waals surface area (Å²) in [5.74, 6) is 0. The van der Waals surface area contributed by atoms with Crippen LogP contribution < -0.4 is 10.6 Å². The van der Waals surface area contributed by atoms with Gasteiger partial charge in [0.25, 0.3) is 0 Å². The van der Waals surface area contributed by atoms with Crippen LogP contribution in [0.4, 0.5) is 10.5 Å². The number of ether oxygens (including phenoxy) is 1. The highest BCUT2D eigenvalue weighted by molar-refractivity contribution is 5.89. The van der Waals surface area contributed by atoms with Gasteiger partial charge >= 0.3 is 6.09 Å². The zero-order chi connectivity index (χ0) is 11.2. The fourth-order valence-electron chi connectivity index (χ4n) is 2.50. The van der Waals surface area contributed by atoms with Crippen molar-refractivity contribution in [2.45, 2.75) is 18.9 Å². The lowest BCUT2D eigenvalue weighted by Crippen LogP contribution is -2.41. The van der Waals surface area contributed by atoms with Crippen LogP contribution in [0.1, 0.15) is 17.5 Å². The molecule has 1 aromatic rings. The topological polar surface area (TPSA) is 50.4 Å². The molecular weight excluding hydrogens is 204 g/mol. The molecule has 1 aromatic carbocycles. The third-order valence-corrected chi connectivity index (χ3v) is 3.31. The third kappa shape index (κ3) is 1.30. The average molecular weight is 218 g/mol. The lowest BCUT2D eigenvalue weighted by atomic mass is 9.89. The van der Waals surface area contributed by atoms with Gasteiger partial charge in [-0.05, 0) is 25.6 Å². The van der Waals surface area contributed by atoms with Gasteiger partial charge in [-0.1, -0.05) is 11.6 Å². The smallest absolute Gasteiger partial charge is 0.412 e. The number of hydrogen-bond donors (Lipinski definition) is 2. The van der Waals surface area contributed by atoms with E-state index in [1.807, 2.05) is 19.1 Å². The van der Waals surface area contributed by atoms with Gasteiger partial charge in [-0.3, -0.25) is 5.32 Å². The molecule has 2 aliphatic heterocycles. The molecule has 1 unspecified atom stereocenters. The standard InChI is InChI=1S/C12H14N2O2/c1-8-2-3-10-9(6-8)12(4-5-13-7-12)16-11(15)14-10/h2-3,6,13H,4-5,7H2,1H3,(H,14,15). The maximum Gasteiger partial charge on any atom is 0.412 e. The van der Waals surface area contributed by atoms with E-state index in [9.17, 15) is 4.79 Å². The third-order valence-electron chi connectivity index (χ3n) is 3.31. The molecule has 4 nitrogen and oxygen atoms in total. The molecule has 84 valence electrons. The largest absolute Gasteiger partial charge is 0.436 e. The van der Waals surface area contributed by atoms with Gasteiger partial charge in [0.05, 0.1) is 5.69 Å². The highest BCUT2D eigenvalue weighted by Gasteiger charge is 2.44. The highest BCUT2D eigenvalue weighted by atomic mass is 16.6. The Morgan fingerprint density at radius 3 is 3.06 bits per heavy atom. The average Bonchev–Trinajstić information content (AvgIpc) is 2.69. The van der Waals surface area contributed by atoms with Crippen LogP contribution >= 0.6 is 0 Å². The number of aryl methyl sites for hydroxylation is 1. The summed E-state index contributed by atoms with van der Waals surface area (Å²) in [5, 5.41) is 6.01. The molecule has 0 radical (unpaired) electrons. The van der Waals surface area contributed by atoms with Crippen LogP contribution in [0.25, 0.3) is 0 Å². The second-order valence-corrected chi connectivity index (χ2v) is 4.48. The minimum absolute atomic E-state index is 0.347. The van der Waals surface area contributed by atoms with Crippen LogP contribution in [-0.2, 0) is 10.3 Å². The number of carbonyl (C=O) groups excluding carboxylic acids is 1. The van der Waals surface area contributed by atoms with Crippen LogP contribution in [0.15, 0.2) is 18.2 Å². The van der Waals surface area contributed by atoms with E-state index < -0.39 is 5.60 Å². The Hall–Kier alpha value is -1.55. The lowest BCUT2D eigenvalue weighted by molar-refractivity contribution is 0.0277. The minimum atomic E-state index is -0.455. The molecule has 0 saturated carbocycles. The molecule has 1 atom stereocenters. The quantitative estimate of drug-likeness (QED) is 0.697. The number of fused-ring (bicyclic) bond motifs is 2. The summed E-state index contributed by atoms with van der Waals surface area (Å²) < 4.78 is 5.50. The summed E-state index contributed by atoms with van der Waals surface area (Å²) in [5.41, 5.74) is 2.70. The van der Waals surface area contributed by atoms with Crippen molar-refractivity contribution in [2.75, 3.05) is 18.4 Å². The van der Waals surface area contributed by atoms with Crippen molar-refractivity contribution in [2.24, 2.45) is 0 Å². The summed E-state index contributed by atoms with van der Waals surface area (Å²) >= 11 is 0. The van der Waals surface area contributed by atoms with Crippen molar-refractivity contribution in [1.29, 1.82) is 0 Å². The molecule has 0 aromatic heterocycles. The van der Waals surface area contributed by atoms with Crippen molar-refractivity contribution in [3.05, 3.63) is 29.3 Å². The van der Waals surface area contributed by atoms with E-state index in [0.717, 1.165) is 24.2 Å². The predicted octanol–water partition coefficient (Wildman–Crippen LogP) is 1.75. The molecule has 1 saturated heterocycles.